The number of aromatic nitrogens is 4. The Hall–Kier alpha value is -4.46. The SMILES string of the molecule is CCc1cc(Oc2nccn3c(-c4conc4C(F)(F)F)cnc23)ccc1C(=O)OCCCOC(=O)CCO. The summed E-state index contributed by atoms with van der Waals surface area (Å²) in [6.45, 7) is 1.63. The van der Waals surface area contributed by atoms with Gasteiger partial charge in [-0.05, 0) is 30.2 Å². The topological polar surface area (TPSA) is 138 Å². The predicted octanol–water partition coefficient (Wildman–Crippen LogP) is 4.23. The number of imidazole rings is 1. The minimum atomic E-state index is -4.72. The summed E-state index contributed by atoms with van der Waals surface area (Å²) in [4.78, 5) is 32.1. The number of aryl methyl sites for hydroxylation is 1. The minimum absolute atomic E-state index is 0.0295. The molecule has 1 N–H and O–H groups in total. The number of nitrogens with zero attached hydrogens (tertiary/aromatic N) is 4. The van der Waals surface area contributed by atoms with E-state index in [1.54, 1.807) is 6.07 Å². The lowest BCUT2D eigenvalue weighted by atomic mass is 10.0. The summed E-state index contributed by atoms with van der Waals surface area (Å²) < 4.78 is 61.9. The van der Waals surface area contributed by atoms with Crippen LogP contribution < -0.4 is 4.74 Å². The fraction of sp³-hybridized carbons (Fsp3) is 0.320. The third-order valence-electron chi connectivity index (χ3n) is 5.50. The van der Waals surface area contributed by atoms with E-state index >= 15 is 0 Å². The Balaban J connectivity index is 1.47. The summed E-state index contributed by atoms with van der Waals surface area (Å²) in [6.07, 6.45) is 0.861. The third kappa shape index (κ3) is 6.34. The summed E-state index contributed by atoms with van der Waals surface area (Å²) >= 11 is 0. The first-order valence-electron chi connectivity index (χ1n) is 11.8. The molecule has 206 valence electrons. The molecule has 3 aromatic heterocycles. The van der Waals surface area contributed by atoms with E-state index in [-0.39, 0.29) is 49.0 Å². The van der Waals surface area contributed by atoms with Crippen LogP contribution in [-0.4, -0.2) is 56.4 Å². The van der Waals surface area contributed by atoms with Crippen molar-refractivity contribution in [1.29, 1.82) is 0 Å². The van der Waals surface area contributed by atoms with Crippen molar-refractivity contribution in [3.63, 3.8) is 0 Å². The van der Waals surface area contributed by atoms with Crippen LogP contribution in [0.5, 0.6) is 11.6 Å². The Kier molecular flexibility index (Phi) is 8.44. The number of aliphatic hydroxyl groups is 1. The van der Waals surface area contributed by atoms with Gasteiger partial charge in [0.25, 0.3) is 5.88 Å². The van der Waals surface area contributed by atoms with Gasteiger partial charge in [0.15, 0.2) is 5.69 Å². The van der Waals surface area contributed by atoms with E-state index in [0.717, 1.165) is 6.26 Å². The van der Waals surface area contributed by atoms with E-state index in [9.17, 15) is 22.8 Å². The summed E-state index contributed by atoms with van der Waals surface area (Å²) in [6, 6.07) is 4.69. The van der Waals surface area contributed by atoms with Crippen LogP contribution >= 0.6 is 0 Å². The van der Waals surface area contributed by atoms with Crippen LogP contribution in [0.4, 0.5) is 13.2 Å². The van der Waals surface area contributed by atoms with Crippen LogP contribution in [0, 0.1) is 0 Å². The number of aliphatic hydroxyl groups excluding tert-OH is 1. The summed E-state index contributed by atoms with van der Waals surface area (Å²) in [5.41, 5.74) is -0.275. The molecule has 4 rings (SSSR count). The normalized spacial score (nSPS) is 11.5. The molecule has 0 unspecified atom stereocenters. The highest BCUT2D eigenvalue weighted by Crippen LogP contribution is 2.37. The molecule has 11 nitrogen and oxygen atoms in total. The van der Waals surface area contributed by atoms with Gasteiger partial charge in [-0.1, -0.05) is 12.1 Å². The fourth-order valence-electron chi connectivity index (χ4n) is 3.68. The molecule has 0 spiro atoms. The number of rotatable bonds is 11. The maximum atomic E-state index is 13.3. The summed E-state index contributed by atoms with van der Waals surface area (Å²) in [5.74, 6) is -0.742. The van der Waals surface area contributed by atoms with Crippen molar-refractivity contribution in [2.24, 2.45) is 0 Å². The highest BCUT2D eigenvalue weighted by Gasteiger charge is 2.38. The number of alkyl halides is 3. The average molecular weight is 548 g/mol. The van der Waals surface area contributed by atoms with Crippen molar-refractivity contribution in [1.82, 2.24) is 19.5 Å². The van der Waals surface area contributed by atoms with Gasteiger partial charge in [-0.2, -0.15) is 13.2 Å². The molecule has 0 radical (unpaired) electrons. The standard InChI is InChI=1S/C25H23F3N4O7/c1-2-15-12-16(4-5-17(15)24(35)37-11-3-10-36-20(34)6-9-33)39-23-22-30-13-19(32(22)8-7-29-23)18-14-38-31-21(18)25(26,27)28/h4-5,7-8,12-14,33H,2-3,6,9-11H2,1H3. The highest BCUT2D eigenvalue weighted by molar-refractivity contribution is 5.91. The molecule has 14 heteroatoms. The second-order valence-electron chi connectivity index (χ2n) is 8.10. The molecule has 4 aromatic rings. The van der Waals surface area contributed by atoms with Gasteiger partial charge in [-0.15, -0.1) is 0 Å². The molecular formula is C25H23F3N4O7. The second kappa shape index (κ2) is 11.9. The Morgan fingerprint density at radius 2 is 1.95 bits per heavy atom. The summed E-state index contributed by atoms with van der Waals surface area (Å²) in [7, 11) is 0. The Bertz CT molecular complexity index is 1470. The zero-order valence-electron chi connectivity index (χ0n) is 20.6. The van der Waals surface area contributed by atoms with Crippen molar-refractivity contribution < 1.29 is 46.6 Å². The lowest BCUT2D eigenvalue weighted by molar-refractivity contribution is -0.144. The number of hydrogen-bond donors (Lipinski definition) is 1. The molecule has 0 bridgehead atoms. The third-order valence-corrected chi connectivity index (χ3v) is 5.50. The zero-order chi connectivity index (χ0) is 28.0. The van der Waals surface area contributed by atoms with Crippen LogP contribution in [-0.2, 0) is 26.9 Å². The molecule has 39 heavy (non-hydrogen) atoms. The van der Waals surface area contributed by atoms with Gasteiger partial charge < -0.3 is 23.8 Å². The van der Waals surface area contributed by atoms with Gasteiger partial charge in [0.1, 0.15) is 12.0 Å². The van der Waals surface area contributed by atoms with Crippen LogP contribution in [0.15, 0.2) is 47.6 Å². The molecule has 0 amide bonds. The van der Waals surface area contributed by atoms with Gasteiger partial charge in [0, 0.05) is 18.8 Å². The Morgan fingerprint density at radius 3 is 2.69 bits per heavy atom. The Morgan fingerprint density at radius 1 is 1.15 bits per heavy atom. The monoisotopic (exact) mass is 548 g/mol. The van der Waals surface area contributed by atoms with Crippen LogP contribution in [0.2, 0.25) is 0 Å². The number of fused-ring (bicyclic) bond motifs is 1. The van der Waals surface area contributed by atoms with E-state index in [2.05, 4.69) is 19.6 Å². The smallest absolute Gasteiger partial charge is 0.437 e. The van der Waals surface area contributed by atoms with E-state index in [4.69, 9.17) is 19.3 Å². The number of halogens is 3. The molecule has 0 aliphatic rings. The first kappa shape index (κ1) is 27.6. The van der Waals surface area contributed by atoms with E-state index in [1.165, 1.54) is 35.1 Å². The maximum Gasteiger partial charge on any atom is 0.437 e. The van der Waals surface area contributed by atoms with Crippen LogP contribution in [0.3, 0.4) is 0 Å². The van der Waals surface area contributed by atoms with Gasteiger partial charge >= 0.3 is 18.1 Å². The molecule has 0 saturated carbocycles. The highest BCUT2D eigenvalue weighted by atomic mass is 19.4. The lowest BCUT2D eigenvalue weighted by Gasteiger charge is -2.12. The minimum Gasteiger partial charge on any atom is -0.465 e. The van der Waals surface area contributed by atoms with Crippen molar-refractivity contribution in [3.8, 4) is 22.9 Å². The number of esters is 2. The van der Waals surface area contributed by atoms with Gasteiger partial charge in [-0.3, -0.25) is 9.20 Å². The number of hydrogen-bond acceptors (Lipinski definition) is 10. The van der Waals surface area contributed by atoms with Crippen molar-refractivity contribution in [2.45, 2.75) is 32.4 Å². The maximum absolute atomic E-state index is 13.3. The average Bonchev–Trinajstić information content (AvgIpc) is 3.56. The fourth-order valence-corrected chi connectivity index (χ4v) is 3.68. The number of ether oxygens (including phenoxy) is 3. The summed E-state index contributed by atoms with van der Waals surface area (Å²) in [5, 5.41) is 11.7. The van der Waals surface area contributed by atoms with Crippen LogP contribution in [0.25, 0.3) is 16.9 Å². The predicted molar refractivity (Wildman–Crippen MR) is 127 cm³/mol. The molecule has 0 fully saturated rings. The van der Waals surface area contributed by atoms with Crippen molar-refractivity contribution >= 4 is 17.6 Å². The molecule has 0 aliphatic heterocycles. The van der Waals surface area contributed by atoms with Crippen molar-refractivity contribution in [2.75, 3.05) is 19.8 Å². The Labute approximate surface area is 219 Å². The number of carbonyl (C=O) groups is 2. The molecular weight excluding hydrogens is 525 g/mol. The van der Waals surface area contributed by atoms with E-state index < -0.39 is 23.8 Å². The first-order chi connectivity index (χ1) is 18.7. The first-order valence-corrected chi connectivity index (χ1v) is 11.8. The molecule has 3 heterocycles. The van der Waals surface area contributed by atoms with Gasteiger partial charge in [-0.25, -0.2) is 14.8 Å². The molecule has 0 saturated heterocycles. The second-order valence-corrected chi connectivity index (χ2v) is 8.10. The zero-order valence-corrected chi connectivity index (χ0v) is 20.6. The molecule has 0 aliphatic carbocycles. The number of benzene rings is 1. The van der Waals surface area contributed by atoms with Gasteiger partial charge in [0.2, 0.25) is 5.65 Å². The van der Waals surface area contributed by atoms with E-state index in [0.29, 0.717) is 29.7 Å². The number of carbonyl (C=O) groups excluding carboxylic acids is 2. The molecule has 1 aromatic carbocycles. The largest absolute Gasteiger partial charge is 0.465 e. The quantitative estimate of drug-likeness (QED) is 0.214. The molecule has 0 atom stereocenters. The van der Waals surface area contributed by atoms with E-state index in [1.807, 2.05) is 6.92 Å². The van der Waals surface area contributed by atoms with Crippen molar-refractivity contribution in [3.05, 3.63) is 59.9 Å². The lowest BCUT2D eigenvalue weighted by Crippen LogP contribution is -2.12. The van der Waals surface area contributed by atoms with Gasteiger partial charge in [0.05, 0.1) is 49.3 Å². The van der Waals surface area contributed by atoms with Crippen LogP contribution in [0.1, 0.15) is 41.4 Å².